The van der Waals surface area contributed by atoms with Crippen molar-refractivity contribution in [2.45, 2.75) is 11.8 Å². The second-order valence-electron chi connectivity index (χ2n) is 4.19. The summed E-state index contributed by atoms with van der Waals surface area (Å²) < 4.78 is 12.2. The molecule has 0 heterocycles. The van der Waals surface area contributed by atoms with Gasteiger partial charge in [0.2, 0.25) is 0 Å². The number of rotatable bonds is 4. The molecule has 0 bridgehead atoms. The van der Waals surface area contributed by atoms with Crippen LogP contribution in [0.4, 0.5) is 0 Å². The third kappa shape index (κ3) is 3.52. The van der Waals surface area contributed by atoms with Gasteiger partial charge in [0, 0.05) is 15.5 Å². The van der Waals surface area contributed by atoms with Crippen LogP contribution in [0.3, 0.4) is 0 Å². The van der Waals surface area contributed by atoms with Gasteiger partial charge in [0.05, 0.1) is 16.6 Å². The third-order valence-electron chi connectivity index (χ3n) is 2.75. The van der Waals surface area contributed by atoms with E-state index < -0.39 is 10.8 Å². The van der Waals surface area contributed by atoms with Crippen LogP contribution in [0.15, 0.2) is 53.4 Å². The molecule has 0 N–H and O–H groups in total. The van der Waals surface area contributed by atoms with Crippen LogP contribution in [0, 0.1) is 6.92 Å². The van der Waals surface area contributed by atoms with Crippen molar-refractivity contribution >= 4 is 28.2 Å². The van der Waals surface area contributed by atoms with E-state index in [2.05, 4.69) is 0 Å². The summed E-state index contributed by atoms with van der Waals surface area (Å²) >= 11 is 5.84. The Kier molecular flexibility index (Phi) is 4.51. The van der Waals surface area contributed by atoms with E-state index in [1.165, 1.54) is 0 Å². The second-order valence-corrected chi connectivity index (χ2v) is 6.04. The van der Waals surface area contributed by atoms with Crippen LogP contribution in [-0.4, -0.2) is 15.7 Å². The minimum atomic E-state index is -1.32. The molecule has 2 nitrogen and oxygen atoms in total. The largest absolute Gasteiger partial charge is 0.293 e. The number of carbonyl (C=O) groups excluding carboxylic acids is 1. The van der Waals surface area contributed by atoms with E-state index in [1.54, 1.807) is 30.3 Å². The van der Waals surface area contributed by atoms with E-state index in [9.17, 15) is 9.00 Å². The van der Waals surface area contributed by atoms with E-state index in [-0.39, 0.29) is 11.5 Å². The van der Waals surface area contributed by atoms with Crippen molar-refractivity contribution < 1.29 is 9.00 Å². The molecule has 2 aromatic carbocycles. The fourth-order valence-electron chi connectivity index (χ4n) is 1.75. The van der Waals surface area contributed by atoms with Gasteiger partial charge >= 0.3 is 0 Å². The Morgan fingerprint density at radius 2 is 1.89 bits per heavy atom. The highest BCUT2D eigenvalue weighted by atomic mass is 35.5. The number of Topliss-reactive ketones (excluding diaryl/α,β-unsaturated/α-hetero) is 1. The van der Waals surface area contributed by atoms with Crippen LogP contribution in [0.1, 0.15) is 15.9 Å². The van der Waals surface area contributed by atoms with Gasteiger partial charge in [-0.1, -0.05) is 41.9 Å². The molecule has 19 heavy (non-hydrogen) atoms. The smallest absolute Gasteiger partial charge is 0.175 e. The van der Waals surface area contributed by atoms with Crippen molar-refractivity contribution in [1.82, 2.24) is 0 Å². The van der Waals surface area contributed by atoms with Gasteiger partial charge < -0.3 is 0 Å². The molecule has 1 unspecified atom stereocenters. The average molecular weight is 293 g/mol. The zero-order valence-corrected chi connectivity index (χ0v) is 12.0. The van der Waals surface area contributed by atoms with Gasteiger partial charge in [-0.3, -0.25) is 9.00 Å². The molecule has 0 aliphatic carbocycles. The van der Waals surface area contributed by atoms with Crippen LogP contribution in [-0.2, 0) is 10.8 Å². The predicted octanol–water partition coefficient (Wildman–Crippen LogP) is 3.64. The Labute approximate surface area is 119 Å². The van der Waals surface area contributed by atoms with Gasteiger partial charge in [0.15, 0.2) is 5.78 Å². The van der Waals surface area contributed by atoms with Crippen molar-refractivity contribution in [3.8, 4) is 0 Å². The SMILES string of the molecule is Cc1ccccc1S(=O)CC(=O)c1cccc(Cl)c1. The zero-order valence-electron chi connectivity index (χ0n) is 10.4. The van der Waals surface area contributed by atoms with Gasteiger partial charge in [0.25, 0.3) is 0 Å². The zero-order chi connectivity index (χ0) is 13.8. The lowest BCUT2D eigenvalue weighted by Gasteiger charge is -2.05. The van der Waals surface area contributed by atoms with Crippen molar-refractivity contribution in [2.24, 2.45) is 0 Å². The molecule has 0 fully saturated rings. The summed E-state index contributed by atoms with van der Waals surface area (Å²) in [6.45, 7) is 1.89. The van der Waals surface area contributed by atoms with E-state index in [4.69, 9.17) is 11.6 Å². The highest BCUT2D eigenvalue weighted by Gasteiger charge is 2.13. The molecule has 4 heteroatoms. The van der Waals surface area contributed by atoms with Crippen molar-refractivity contribution in [3.05, 3.63) is 64.7 Å². The standard InChI is InChI=1S/C15H13ClO2S/c1-11-5-2-3-8-15(11)19(18)10-14(17)12-6-4-7-13(16)9-12/h2-9H,10H2,1H3. The molecule has 0 saturated carbocycles. The summed E-state index contributed by atoms with van der Waals surface area (Å²) in [6, 6.07) is 14.1. The number of ketones is 1. The topological polar surface area (TPSA) is 34.1 Å². The lowest BCUT2D eigenvalue weighted by atomic mass is 10.1. The highest BCUT2D eigenvalue weighted by Crippen LogP contribution is 2.15. The number of hydrogen-bond donors (Lipinski definition) is 0. The molecule has 0 aliphatic rings. The van der Waals surface area contributed by atoms with E-state index >= 15 is 0 Å². The number of halogens is 1. The van der Waals surface area contributed by atoms with E-state index in [0.29, 0.717) is 15.5 Å². The molecular weight excluding hydrogens is 280 g/mol. The fraction of sp³-hybridized carbons (Fsp3) is 0.133. The molecule has 0 aliphatic heterocycles. The Hall–Kier alpha value is -1.45. The third-order valence-corrected chi connectivity index (χ3v) is 4.46. The summed E-state index contributed by atoms with van der Waals surface area (Å²) in [6.07, 6.45) is 0. The molecule has 1 atom stereocenters. The van der Waals surface area contributed by atoms with Crippen molar-refractivity contribution in [3.63, 3.8) is 0 Å². The second kappa shape index (κ2) is 6.13. The first-order chi connectivity index (χ1) is 9.08. The van der Waals surface area contributed by atoms with Gasteiger partial charge in [-0.25, -0.2) is 0 Å². The molecule has 0 aromatic heterocycles. The van der Waals surface area contributed by atoms with Crippen LogP contribution >= 0.6 is 11.6 Å². The first-order valence-electron chi connectivity index (χ1n) is 5.80. The molecule has 0 spiro atoms. The quantitative estimate of drug-likeness (QED) is 0.806. The number of hydrogen-bond acceptors (Lipinski definition) is 2. The summed E-state index contributed by atoms with van der Waals surface area (Å²) in [4.78, 5) is 12.7. The number of aryl methyl sites for hydroxylation is 1. The molecule has 0 amide bonds. The minimum Gasteiger partial charge on any atom is -0.293 e. The molecule has 98 valence electrons. The molecule has 0 saturated heterocycles. The Morgan fingerprint density at radius 3 is 2.58 bits per heavy atom. The van der Waals surface area contributed by atoms with E-state index in [0.717, 1.165) is 5.56 Å². The number of carbonyl (C=O) groups is 1. The number of benzene rings is 2. The summed E-state index contributed by atoms with van der Waals surface area (Å²) in [7, 11) is -1.32. The average Bonchev–Trinajstić information content (AvgIpc) is 2.39. The molecular formula is C15H13ClO2S. The lowest BCUT2D eigenvalue weighted by Crippen LogP contribution is -2.11. The van der Waals surface area contributed by atoms with E-state index in [1.807, 2.05) is 25.1 Å². The minimum absolute atomic E-state index is 0.0226. The maximum absolute atomic E-state index is 12.2. The maximum Gasteiger partial charge on any atom is 0.175 e. The Balaban J connectivity index is 2.16. The van der Waals surface area contributed by atoms with Gasteiger partial charge in [-0.05, 0) is 30.7 Å². The highest BCUT2D eigenvalue weighted by molar-refractivity contribution is 7.85. The van der Waals surface area contributed by atoms with Gasteiger partial charge in [0.1, 0.15) is 0 Å². The van der Waals surface area contributed by atoms with Crippen LogP contribution in [0.5, 0.6) is 0 Å². The fourth-order valence-corrected chi connectivity index (χ4v) is 3.16. The molecule has 0 radical (unpaired) electrons. The normalized spacial score (nSPS) is 12.1. The summed E-state index contributed by atoms with van der Waals surface area (Å²) in [5, 5.41) is 0.507. The van der Waals surface area contributed by atoms with Crippen LogP contribution in [0.25, 0.3) is 0 Å². The van der Waals surface area contributed by atoms with Crippen molar-refractivity contribution in [1.29, 1.82) is 0 Å². The van der Waals surface area contributed by atoms with Gasteiger partial charge in [-0.2, -0.15) is 0 Å². The first-order valence-corrected chi connectivity index (χ1v) is 7.50. The Bertz CT molecular complexity index is 638. The lowest BCUT2D eigenvalue weighted by molar-refractivity contribution is 0.102. The molecule has 2 rings (SSSR count). The van der Waals surface area contributed by atoms with Crippen molar-refractivity contribution in [2.75, 3.05) is 5.75 Å². The van der Waals surface area contributed by atoms with Gasteiger partial charge in [-0.15, -0.1) is 0 Å². The maximum atomic E-state index is 12.2. The summed E-state index contributed by atoms with van der Waals surface area (Å²) in [5.74, 6) is -0.186. The van der Waals surface area contributed by atoms with Crippen LogP contribution in [0.2, 0.25) is 5.02 Å². The Morgan fingerprint density at radius 1 is 1.16 bits per heavy atom. The first kappa shape index (κ1) is 14.0. The monoisotopic (exact) mass is 292 g/mol. The predicted molar refractivity (Wildman–Crippen MR) is 78.2 cm³/mol. The van der Waals surface area contributed by atoms with Crippen LogP contribution < -0.4 is 0 Å². The molecule has 2 aromatic rings. The summed E-state index contributed by atoms with van der Waals surface area (Å²) in [5.41, 5.74) is 1.43.